The fourth-order valence-electron chi connectivity index (χ4n) is 3.14. The maximum absolute atomic E-state index is 13.0. The summed E-state index contributed by atoms with van der Waals surface area (Å²) in [5.41, 5.74) is 3.70. The maximum Gasteiger partial charge on any atom is 0.277 e. The van der Waals surface area contributed by atoms with Crippen LogP contribution in [0.25, 0.3) is 0 Å². The molecule has 2 aromatic carbocycles. The SMILES string of the molecule is Cc1cc(C(=O)N2CCc3ccccc32)nc(Nc2cccc(Cl)c2Cl)n1. The van der Waals surface area contributed by atoms with E-state index < -0.39 is 0 Å². The second kappa shape index (κ2) is 7.18. The Bertz CT molecular complexity index is 1040. The van der Waals surface area contributed by atoms with Crippen LogP contribution in [0.3, 0.4) is 0 Å². The molecule has 136 valence electrons. The second-order valence-electron chi connectivity index (χ2n) is 6.28. The number of aromatic nitrogens is 2. The Morgan fingerprint density at radius 3 is 2.78 bits per heavy atom. The standard InChI is InChI=1S/C20H16Cl2N4O/c1-12-11-16(19(27)26-10-9-13-5-2-3-8-17(13)26)25-20(23-12)24-15-7-4-6-14(21)18(15)22/h2-8,11H,9-10H2,1H3,(H,23,24,25). The molecule has 0 radical (unpaired) electrons. The van der Waals surface area contributed by atoms with Crippen LogP contribution in [0.15, 0.2) is 48.5 Å². The zero-order valence-electron chi connectivity index (χ0n) is 14.5. The second-order valence-corrected chi connectivity index (χ2v) is 7.07. The van der Waals surface area contributed by atoms with E-state index in [1.165, 1.54) is 5.56 Å². The van der Waals surface area contributed by atoms with Gasteiger partial charge in [0.05, 0.1) is 15.7 Å². The summed E-state index contributed by atoms with van der Waals surface area (Å²) in [6.07, 6.45) is 0.842. The van der Waals surface area contributed by atoms with Crippen molar-refractivity contribution in [1.82, 2.24) is 9.97 Å². The number of fused-ring (bicyclic) bond motifs is 1. The summed E-state index contributed by atoms with van der Waals surface area (Å²) in [7, 11) is 0. The lowest BCUT2D eigenvalue weighted by molar-refractivity contribution is 0.0984. The van der Waals surface area contributed by atoms with E-state index >= 15 is 0 Å². The molecule has 1 aliphatic rings. The Kier molecular flexibility index (Phi) is 4.72. The fraction of sp³-hybridized carbons (Fsp3) is 0.150. The molecule has 27 heavy (non-hydrogen) atoms. The molecular weight excluding hydrogens is 383 g/mol. The van der Waals surface area contributed by atoms with Gasteiger partial charge in [0.2, 0.25) is 5.95 Å². The molecule has 0 spiro atoms. The quantitative estimate of drug-likeness (QED) is 0.671. The topological polar surface area (TPSA) is 58.1 Å². The van der Waals surface area contributed by atoms with Crippen LogP contribution >= 0.6 is 23.2 Å². The number of hydrogen-bond donors (Lipinski definition) is 1. The van der Waals surface area contributed by atoms with E-state index in [-0.39, 0.29) is 5.91 Å². The van der Waals surface area contributed by atoms with Crippen LogP contribution < -0.4 is 10.2 Å². The van der Waals surface area contributed by atoms with Crippen molar-refractivity contribution in [2.75, 3.05) is 16.8 Å². The Balaban J connectivity index is 1.65. The van der Waals surface area contributed by atoms with Crippen molar-refractivity contribution in [3.8, 4) is 0 Å². The van der Waals surface area contributed by atoms with Gasteiger partial charge in [0.1, 0.15) is 5.69 Å². The first kappa shape index (κ1) is 17.8. The third kappa shape index (κ3) is 3.48. The summed E-state index contributed by atoms with van der Waals surface area (Å²) in [4.78, 5) is 23.6. The van der Waals surface area contributed by atoms with Crippen LogP contribution in [-0.2, 0) is 6.42 Å². The van der Waals surface area contributed by atoms with Gasteiger partial charge in [-0.25, -0.2) is 9.97 Å². The molecule has 0 unspecified atom stereocenters. The lowest BCUT2D eigenvalue weighted by atomic mass is 10.2. The van der Waals surface area contributed by atoms with E-state index in [4.69, 9.17) is 23.2 Å². The molecule has 1 aromatic heterocycles. The number of benzene rings is 2. The van der Waals surface area contributed by atoms with Crippen molar-refractivity contribution >= 4 is 46.4 Å². The number of carbonyl (C=O) groups excluding carboxylic acids is 1. The van der Waals surface area contributed by atoms with E-state index in [1.54, 1.807) is 29.2 Å². The summed E-state index contributed by atoms with van der Waals surface area (Å²) in [6, 6.07) is 14.9. The van der Waals surface area contributed by atoms with Gasteiger partial charge in [-0.3, -0.25) is 4.79 Å². The number of carbonyl (C=O) groups is 1. The first-order chi connectivity index (χ1) is 13.0. The van der Waals surface area contributed by atoms with Gasteiger partial charge >= 0.3 is 0 Å². The molecule has 0 fully saturated rings. The molecule has 4 rings (SSSR count). The molecule has 1 amide bonds. The minimum atomic E-state index is -0.148. The van der Waals surface area contributed by atoms with Crippen molar-refractivity contribution in [3.63, 3.8) is 0 Å². The van der Waals surface area contributed by atoms with Gasteiger partial charge in [-0.1, -0.05) is 47.5 Å². The highest BCUT2D eigenvalue weighted by molar-refractivity contribution is 6.43. The van der Waals surface area contributed by atoms with Crippen molar-refractivity contribution in [3.05, 3.63) is 75.5 Å². The van der Waals surface area contributed by atoms with Crippen molar-refractivity contribution < 1.29 is 4.79 Å². The molecule has 7 heteroatoms. The molecular formula is C20H16Cl2N4O. The van der Waals surface area contributed by atoms with Gasteiger partial charge in [-0.15, -0.1) is 0 Å². The molecule has 3 aromatic rings. The van der Waals surface area contributed by atoms with Gasteiger partial charge in [0.15, 0.2) is 0 Å². The molecule has 1 N–H and O–H groups in total. The highest BCUT2D eigenvalue weighted by Gasteiger charge is 2.26. The Morgan fingerprint density at radius 1 is 1.11 bits per heavy atom. The lowest BCUT2D eigenvalue weighted by Gasteiger charge is -2.17. The first-order valence-corrected chi connectivity index (χ1v) is 9.25. The largest absolute Gasteiger partial charge is 0.323 e. The number of para-hydroxylation sites is 1. The highest BCUT2D eigenvalue weighted by atomic mass is 35.5. The molecule has 0 atom stereocenters. The van der Waals surface area contributed by atoms with Gasteiger partial charge in [0.25, 0.3) is 5.91 Å². The molecule has 0 saturated heterocycles. The van der Waals surface area contributed by atoms with Crippen LogP contribution in [0.5, 0.6) is 0 Å². The zero-order chi connectivity index (χ0) is 19.0. The van der Waals surface area contributed by atoms with Crippen molar-refractivity contribution in [2.45, 2.75) is 13.3 Å². The first-order valence-electron chi connectivity index (χ1n) is 8.49. The molecule has 0 aliphatic carbocycles. The number of nitrogens with zero attached hydrogens (tertiary/aromatic N) is 3. The van der Waals surface area contributed by atoms with Crippen LogP contribution in [0, 0.1) is 6.92 Å². The summed E-state index contributed by atoms with van der Waals surface area (Å²) in [5.74, 6) is 0.153. The molecule has 5 nitrogen and oxygen atoms in total. The molecule has 1 aliphatic heterocycles. The highest BCUT2D eigenvalue weighted by Crippen LogP contribution is 2.32. The van der Waals surface area contributed by atoms with E-state index in [2.05, 4.69) is 15.3 Å². The number of halogens is 2. The molecule has 0 bridgehead atoms. The number of hydrogen-bond acceptors (Lipinski definition) is 4. The minimum Gasteiger partial charge on any atom is -0.323 e. The third-order valence-electron chi connectivity index (χ3n) is 4.40. The van der Waals surface area contributed by atoms with Gasteiger partial charge in [-0.2, -0.15) is 0 Å². The van der Waals surface area contributed by atoms with E-state index in [1.807, 2.05) is 31.2 Å². The number of rotatable bonds is 3. The average molecular weight is 399 g/mol. The Hall–Kier alpha value is -2.63. The minimum absolute atomic E-state index is 0.148. The number of anilines is 3. The van der Waals surface area contributed by atoms with Crippen LogP contribution in [0.2, 0.25) is 10.0 Å². The van der Waals surface area contributed by atoms with Crippen molar-refractivity contribution in [2.24, 2.45) is 0 Å². The summed E-state index contributed by atoms with van der Waals surface area (Å²) >= 11 is 12.3. The third-order valence-corrected chi connectivity index (χ3v) is 5.22. The fourth-order valence-corrected chi connectivity index (χ4v) is 3.49. The van der Waals surface area contributed by atoms with Crippen molar-refractivity contribution in [1.29, 1.82) is 0 Å². The Morgan fingerprint density at radius 2 is 1.93 bits per heavy atom. The van der Waals surface area contributed by atoms with E-state index in [9.17, 15) is 4.79 Å². The summed E-state index contributed by atoms with van der Waals surface area (Å²) in [6.45, 7) is 2.46. The maximum atomic E-state index is 13.0. The van der Waals surface area contributed by atoms with Crippen LogP contribution in [0.4, 0.5) is 17.3 Å². The van der Waals surface area contributed by atoms with E-state index in [0.717, 1.165) is 12.1 Å². The predicted octanol–water partition coefficient (Wildman–Crippen LogP) is 5.04. The molecule has 2 heterocycles. The molecule has 0 saturated carbocycles. The van der Waals surface area contributed by atoms with Gasteiger partial charge in [0, 0.05) is 17.9 Å². The summed E-state index contributed by atoms with van der Waals surface area (Å²) in [5, 5.41) is 3.86. The monoisotopic (exact) mass is 398 g/mol. The van der Waals surface area contributed by atoms with Gasteiger partial charge in [-0.05, 0) is 43.2 Å². The smallest absolute Gasteiger partial charge is 0.277 e. The van der Waals surface area contributed by atoms with E-state index in [0.29, 0.717) is 39.6 Å². The zero-order valence-corrected chi connectivity index (χ0v) is 16.1. The summed E-state index contributed by atoms with van der Waals surface area (Å²) < 4.78 is 0. The normalized spacial score (nSPS) is 12.8. The number of aryl methyl sites for hydroxylation is 1. The van der Waals surface area contributed by atoms with Crippen LogP contribution in [-0.4, -0.2) is 22.4 Å². The average Bonchev–Trinajstić information content (AvgIpc) is 3.08. The number of nitrogens with one attached hydrogen (secondary N) is 1. The van der Waals surface area contributed by atoms with Crippen LogP contribution in [0.1, 0.15) is 21.7 Å². The number of amides is 1. The predicted molar refractivity (Wildman–Crippen MR) is 108 cm³/mol. The van der Waals surface area contributed by atoms with Gasteiger partial charge < -0.3 is 10.2 Å². The Labute approximate surface area is 167 Å². The lowest BCUT2D eigenvalue weighted by Crippen LogP contribution is -2.30.